The summed E-state index contributed by atoms with van der Waals surface area (Å²) in [7, 11) is 0. The maximum atomic E-state index is 11.5. The topological polar surface area (TPSA) is 84.1 Å². The molecule has 0 atom stereocenters. The summed E-state index contributed by atoms with van der Waals surface area (Å²) >= 11 is 0. The normalized spacial score (nSPS) is 10.6. The first-order valence-electron chi connectivity index (χ1n) is 6.81. The molecule has 6 nitrogen and oxygen atoms in total. The Morgan fingerprint density at radius 1 is 1.24 bits per heavy atom. The number of hydrazine groups is 1. The van der Waals surface area contributed by atoms with Crippen molar-refractivity contribution in [2.45, 2.75) is 20.0 Å². The zero-order valence-electron chi connectivity index (χ0n) is 12.0. The number of hydrogen-bond donors (Lipinski definition) is 2. The molecule has 0 radical (unpaired) electrons. The van der Waals surface area contributed by atoms with Crippen LogP contribution in [-0.2, 0) is 13.1 Å². The molecule has 0 aliphatic rings. The van der Waals surface area contributed by atoms with E-state index in [1.165, 1.54) is 5.56 Å². The highest BCUT2D eigenvalue weighted by atomic mass is 16.2. The van der Waals surface area contributed by atoms with Crippen molar-refractivity contribution >= 4 is 5.91 Å². The van der Waals surface area contributed by atoms with E-state index in [-0.39, 0.29) is 5.91 Å². The number of carbonyl (C=O) groups excluding carboxylic acids is 1. The van der Waals surface area contributed by atoms with E-state index >= 15 is 0 Å². The summed E-state index contributed by atoms with van der Waals surface area (Å²) in [5, 5.41) is 0. The van der Waals surface area contributed by atoms with E-state index < -0.39 is 0 Å². The third-order valence-corrected chi connectivity index (χ3v) is 3.16. The lowest BCUT2D eigenvalue weighted by Crippen LogP contribution is -2.31. The zero-order valence-corrected chi connectivity index (χ0v) is 12.0. The van der Waals surface area contributed by atoms with Crippen LogP contribution in [-0.4, -0.2) is 27.3 Å². The van der Waals surface area contributed by atoms with Gasteiger partial charge < -0.3 is 0 Å². The van der Waals surface area contributed by atoms with Crippen molar-refractivity contribution in [2.24, 2.45) is 5.84 Å². The second-order valence-corrected chi connectivity index (χ2v) is 4.65. The molecule has 0 unspecified atom stereocenters. The van der Waals surface area contributed by atoms with Crippen LogP contribution in [0.15, 0.2) is 42.7 Å². The molecule has 0 bridgehead atoms. The molecule has 0 saturated heterocycles. The number of aromatic nitrogens is 2. The van der Waals surface area contributed by atoms with Crippen molar-refractivity contribution in [1.82, 2.24) is 20.3 Å². The molecule has 0 fully saturated rings. The van der Waals surface area contributed by atoms with Crippen molar-refractivity contribution in [3.63, 3.8) is 0 Å². The van der Waals surface area contributed by atoms with Crippen LogP contribution in [0, 0.1) is 0 Å². The molecule has 0 aliphatic heterocycles. The summed E-state index contributed by atoms with van der Waals surface area (Å²) in [5.74, 6) is 4.75. The van der Waals surface area contributed by atoms with Gasteiger partial charge in [0.25, 0.3) is 5.91 Å². The lowest BCUT2D eigenvalue weighted by Gasteiger charge is -2.20. The van der Waals surface area contributed by atoms with E-state index in [9.17, 15) is 4.79 Å². The molecule has 6 heteroatoms. The van der Waals surface area contributed by atoms with Gasteiger partial charge in [-0.3, -0.25) is 20.1 Å². The van der Waals surface area contributed by atoms with Crippen LogP contribution in [0.1, 0.15) is 28.7 Å². The molecule has 0 saturated carbocycles. The van der Waals surface area contributed by atoms with Crippen molar-refractivity contribution in [1.29, 1.82) is 0 Å². The quantitative estimate of drug-likeness (QED) is 0.472. The molecule has 0 aromatic carbocycles. The SMILES string of the molecule is CCN(Cc1ccncc1)Cc1cccc(C(=O)NN)n1. The molecular formula is C15H19N5O. The molecule has 21 heavy (non-hydrogen) atoms. The van der Waals surface area contributed by atoms with Crippen LogP contribution in [0.25, 0.3) is 0 Å². The smallest absolute Gasteiger partial charge is 0.283 e. The fourth-order valence-corrected chi connectivity index (χ4v) is 2.02. The summed E-state index contributed by atoms with van der Waals surface area (Å²) < 4.78 is 0. The van der Waals surface area contributed by atoms with E-state index in [1.54, 1.807) is 18.5 Å². The fourth-order valence-electron chi connectivity index (χ4n) is 2.02. The summed E-state index contributed by atoms with van der Waals surface area (Å²) in [4.78, 5) is 22.1. The minimum atomic E-state index is -0.381. The van der Waals surface area contributed by atoms with Gasteiger partial charge in [-0.15, -0.1) is 0 Å². The summed E-state index contributed by atoms with van der Waals surface area (Å²) in [6.07, 6.45) is 3.57. The van der Waals surface area contributed by atoms with E-state index in [0.29, 0.717) is 12.2 Å². The summed E-state index contributed by atoms with van der Waals surface area (Å²) in [6.45, 7) is 4.47. The number of nitrogen functional groups attached to an aromatic ring is 1. The van der Waals surface area contributed by atoms with Gasteiger partial charge in [-0.2, -0.15) is 0 Å². The van der Waals surface area contributed by atoms with Crippen molar-refractivity contribution < 1.29 is 4.79 Å². The Balaban J connectivity index is 2.06. The van der Waals surface area contributed by atoms with Crippen molar-refractivity contribution in [2.75, 3.05) is 6.54 Å². The average molecular weight is 285 g/mol. The highest BCUT2D eigenvalue weighted by molar-refractivity contribution is 5.91. The minimum absolute atomic E-state index is 0.329. The van der Waals surface area contributed by atoms with E-state index in [1.807, 2.05) is 24.3 Å². The van der Waals surface area contributed by atoms with E-state index in [0.717, 1.165) is 18.8 Å². The third-order valence-electron chi connectivity index (χ3n) is 3.16. The Hall–Kier alpha value is -2.31. The first kappa shape index (κ1) is 15.1. The largest absolute Gasteiger partial charge is 0.294 e. The van der Waals surface area contributed by atoms with Crippen LogP contribution in [0.5, 0.6) is 0 Å². The predicted molar refractivity (Wildman–Crippen MR) is 79.9 cm³/mol. The number of nitrogens with zero attached hydrogens (tertiary/aromatic N) is 3. The molecule has 1 amide bonds. The van der Waals surface area contributed by atoms with Crippen molar-refractivity contribution in [3.05, 3.63) is 59.7 Å². The Labute approximate surface area is 124 Å². The number of pyridine rings is 2. The molecule has 110 valence electrons. The lowest BCUT2D eigenvalue weighted by molar-refractivity contribution is 0.0948. The van der Waals surface area contributed by atoms with E-state index in [2.05, 4.69) is 27.2 Å². The van der Waals surface area contributed by atoms with Gasteiger partial charge in [-0.25, -0.2) is 10.8 Å². The third kappa shape index (κ3) is 4.34. The highest BCUT2D eigenvalue weighted by Crippen LogP contribution is 2.08. The van der Waals surface area contributed by atoms with Crippen LogP contribution >= 0.6 is 0 Å². The van der Waals surface area contributed by atoms with Crippen molar-refractivity contribution in [3.8, 4) is 0 Å². The van der Waals surface area contributed by atoms with Gasteiger partial charge in [0.2, 0.25) is 0 Å². The predicted octanol–water partition coefficient (Wildman–Crippen LogP) is 1.10. The second-order valence-electron chi connectivity index (χ2n) is 4.65. The van der Waals surface area contributed by atoms with Crippen LogP contribution < -0.4 is 11.3 Å². The number of carbonyl (C=O) groups is 1. The average Bonchev–Trinajstić information content (AvgIpc) is 2.54. The van der Waals surface area contributed by atoms with Gasteiger partial charge in [-0.1, -0.05) is 13.0 Å². The Morgan fingerprint density at radius 3 is 2.67 bits per heavy atom. The standard InChI is InChI=1S/C15H19N5O/c1-2-20(10-12-6-8-17-9-7-12)11-13-4-3-5-14(18-13)15(21)19-16/h3-9H,2,10-11,16H2,1H3,(H,19,21). The number of nitrogens with one attached hydrogen (secondary N) is 1. The van der Waals surface area contributed by atoms with Gasteiger partial charge in [0.15, 0.2) is 0 Å². The summed E-state index contributed by atoms with van der Waals surface area (Å²) in [5.41, 5.74) is 4.46. The van der Waals surface area contributed by atoms with Crippen LogP contribution in [0.4, 0.5) is 0 Å². The number of rotatable bonds is 6. The zero-order chi connectivity index (χ0) is 15.1. The number of amides is 1. The van der Waals surface area contributed by atoms with Gasteiger partial charge in [-0.05, 0) is 36.4 Å². The first-order valence-corrected chi connectivity index (χ1v) is 6.81. The second kappa shape index (κ2) is 7.47. The van der Waals surface area contributed by atoms with Crippen LogP contribution in [0.2, 0.25) is 0 Å². The molecule has 3 N–H and O–H groups in total. The molecule has 2 aromatic rings. The first-order chi connectivity index (χ1) is 10.2. The molecule has 2 aromatic heterocycles. The minimum Gasteiger partial charge on any atom is -0.294 e. The Morgan fingerprint density at radius 2 is 2.00 bits per heavy atom. The molecule has 2 rings (SSSR count). The Bertz CT molecular complexity index is 588. The van der Waals surface area contributed by atoms with Gasteiger partial charge in [0.05, 0.1) is 5.69 Å². The molecular weight excluding hydrogens is 266 g/mol. The number of nitrogens with two attached hydrogens (primary N) is 1. The Kier molecular flexibility index (Phi) is 5.36. The molecule has 2 heterocycles. The highest BCUT2D eigenvalue weighted by Gasteiger charge is 2.09. The summed E-state index contributed by atoms with van der Waals surface area (Å²) in [6, 6.07) is 9.35. The lowest BCUT2D eigenvalue weighted by atomic mass is 10.2. The van der Waals surface area contributed by atoms with Gasteiger partial charge in [0, 0.05) is 25.5 Å². The molecule has 0 spiro atoms. The fraction of sp³-hybridized carbons (Fsp3) is 0.267. The monoisotopic (exact) mass is 285 g/mol. The van der Waals surface area contributed by atoms with E-state index in [4.69, 9.17) is 5.84 Å². The number of hydrogen-bond acceptors (Lipinski definition) is 5. The van der Waals surface area contributed by atoms with Crippen LogP contribution in [0.3, 0.4) is 0 Å². The maximum absolute atomic E-state index is 11.5. The maximum Gasteiger partial charge on any atom is 0.283 e. The van der Waals surface area contributed by atoms with Gasteiger partial charge in [0.1, 0.15) is 5.69 Å². The van der Waals surface area contributed by atoms with Gasteiger partial charge >= 0.3 is 0 Å². The molecule has 0 aliphatic carbocycles.